The van der Waals surface area contributed by atoms with E-state index < -0.39 is 0 Å². The van der Waals surface area contributed by atoms with Gasteiger partial charge in [0.05, 0.1) is 0 Å². The molecule has 0 saturated carbocycles. The lowest BCUT2D eigenvalue weighted by atomic mass is 10.0. The van der Waals surface area contributed by atoms with Gasteiger partial charge in [0.25, 0.3) is 0 Å². The molecule has 1 fully saturated rings. The second-order valence-corrected chi connectivity index (χ2v) is 6.59. The van der Waals surface area contributed by atoms with Gasteiger partial charge in [-0.15, -0.1) is 0 Å². The maximum Gasteiger partial charge on any atom is 0.162 e. The van der Waals surface area contributed by atoms with Crippen LogP contribution in [0.25, 0.3) is 0 Å². The minimum atomic E-state index is 0.316. The number of carbonyl (C=O) groups is 1. The number of hydrogen-bond donors (Lipinski definition) is 0. The number of ketones is 1. The number of carbonyl (C=O) groups excluding carboxylic acids is 1. The molecular formula is C20H31NO. The highest BCUT2D eigenvalue weighted by Gasteiger charge is 2.10. The minimum Gasteiger partial charge on any atom is -0.303 e. The van der Waals surface area contributed by atoms with Crippen LogP contribution >= 0.6 is 0 Å². The highest BCUT2D eigenvalue weighted by atomic mass is 16.1. The van der Waals surface area contributed by atoms with Crippen LogP contribution < -0.4 is 0 Å². The van der Waals surface area contributed by atoms with E-state index in [9.17, 15) is 4.79 Å². The van der Waals surface area contributed by atoms with E-state index in [1.165, 1.54) is 57.3 Å². The van der Waals surface area contributed by atoms with Crippen LogP contribution in [0.3, 0.4) is 0 Å². The average Bonchev–Trinajstić information content (AvgIpc) is 2.56. The molecule has 1 heterocycles. The van der Waals surface area contributed by atoms with Gasteiger partial charge in [-0.3, -0.25) is 4.79 Å². The highest BCUT2D eigenvalue weighted by molar-refractivity contribution is 5.96. The number of piperidine rings is 1. The Morgan fingerprint density at radius 2 is 1.91 bits per heavy atom. The second-order valence-electron chi connectivity index (χ2n) is 6.59. The summed E-state index contributed by atoms with van der Waals surface area (Å²) in [5, 5.41) is 0. The maximum atomic E-state index is 12.3. The first kappa shape index (κ1) is 17.2. The Labute approximate surface area is 135 Å². The largest absolute Gasteiger partial charge is 0.303 e. The monoisotopic (exact) mass is 301 g/mol. The zero-order valence-corrected chi connectivity index (χ0v) is 14.2. The lowest BCUT2D eigenvalue weighted by molar-refractivity contribution is 0.0978. The molecule has 0 unspecified atom stereocenters. The fraction of sp³-hybridized carbons (Fsp3) is 0.650. The Balaban J connectivity index is 1.63. The van der Waals surface area contributed by atoms with Crippen molar-refractivity contribution in [3.63, 3.8) is 0 Å². The molecule has 1 saturated heterocycles. The molecule has 0 radical (unpaired) electrons. The number of likely N-dealkylation sites (tertiary alicyclic amines) is 1. The van der Waals surface area contributed by atoms with E-state index in [-0.39, 0.29) is 0 Å². The highest BCUT2D eigenvalue weighted by Crippen LogP contribution is 2.13. The zero-order valence-electron chi connectivity index (χ0n) is 14.2. The van der Waals surface area contributed by atoms with E-state index in [0.29, 0.717) is 12.2 Å². The van der Waals surface area contributed by atoms with Crippen molar-refractivity contribution in [2.75, 3.05) is 19.6 Å². The Morgan fingerprint density at radius 3 is 2.68 bits per heavy atom. The lowest BCUT2D eigenvalue weighted by Gasteiger charge is -2.26. The molecule has 0 amide bonds. The van der Waals surface area contributed by atoms with Crippen LogP contribution in [0.1, 0.15) is 74.2 Å². The molecule has 0 spiro atoms. The smallest absolute Gasteiger partial charge is 0.162 e. The Morgan fingerprint density at radius 1 is 1.09 bits per heavy atom. The molecular weight excluding hydrogens is 270 g/mol. The summed E-state index contributed by atoms with van der Waals surface area (Å²) in [5.74, 6) is 0.316. The van der Waals surface area contributed by atoms with Gasteiger partial charge in [-0.25, -0.2) is 0 Å². The van der Waals surface area contributed by atoms with Gasteiger partial charge in [-0.2, -0.15) is 0 Å². The molecule has 122 valence electrons. The number of rotatable bonds is 9. The number of Topliss-reactive ketones (excluding diaryl/α,β-unsaturated/α-hetero) is 1. The summed E-state index contributed by atoms with van der Waals surface area (Å²) in [7, 11) is 0. The van der Waals surface area contributed by atoms with Crippen molar-refractivity contribution in [3.05, 3.63) is 35.4 Å². The third-order valence-electron chi connectivity index (χ3n) is 4.61. The van der Waals surface area contributed by atoms with Crippen molar-refractivity contribution in [2.45, 2.75) is 64.7 Å². The van der Waals surface area contributed by atoms with E-state index >= 15 is 0 Å². The van der Waals surface area contributed by atoms with Crippen molar-refractivity contribution >= 4 is 5.78 Å². The first-order valence-electron chi connectivity index (χ1n) is 9.14. The number of nitrogens with zero attached hydrogens (tertiary/aromatic N) is 1. The van der Waals surface area contributed by atoms with Gasteiger partial charge in [0, 0.05) is 12.0 Å². The van der Waals surface area contributed by atoms with E-state index in [2.05, 4.69) is 24.0 Å². The number of benzene rings is 1. The molecule has 0 bridgehead atoms. The quantitative estimate of drug-likeness (QED) is 0.479. The summed E-state index contributed by atoms with van der Waals surface area (Å²) in [5.41, 5.74) is 2.19. The standard InChI is InChI=1S/C20H31NO/c1-2-10-18-11-9-12-19(17-18)20(22)13-5-3-6-14-21-15-7-4-8-16-21/h9,11-12,17H,2-8,10,13-16H2,1H3. The van der Waals surface area contributed by atoms with Gasteiger partial charge in [0.1, 0.15) is 0 Å². The molecule has 1 aromatic carbocycles. The normalized spacial score (nSPS) is 15.9. The predicted octanol–water partition coefficient (Wildman–Crippen LogP) is 4.87. The number of hydrogen-bond acceptors (Lipinski definition) is 2. The van der Waals surface area contributed by atoms with Crippen LogP contribution in [0, 0.1) is 0 Å². The van der Waals surface area contributed by atoms with Gasteiger partial charge in [0.15, 0.2) is 5.78 Å². The van der Waals surface area contributed by atoms with Crippen LogP contribution in [0.5, 0.6) is 0 Å². The SMILES string of the molecule is CCCc1cccc(C(=O)CCCCCN2CCCCC2)c1. The molecule has 2 rings (SSSR count). The molecule has 0 N–H and O–H groups in total. The summed E-state index contributed by atoms with van der Waals surface area (Å²) < 4.78 is 0. The van der Waals surface area contributed by atoms with E-state index in [4.69, 9.17) is 0 Å². The Kier molecular flexibility index (Phi) is 7.65. The van der Waals surface area contributed by atoms with E-state index in [0.717, 1.165) is 24.8 Å². The molecule has 1 aliphatic rings. The zero-order chi connectivity index (χ0) is 15.6. The first-order valence-corrected chi connectivity index (χ1v) is 9.14. The lowest BCUT2D eigenvalue weighted by Crippen LogP contribution is -2.30. The van der Waals surface area contributed by atoms with Crippen molar-refractivity contribution < 1.29 is 4.79 Å². The molecule has 0 atom stereocenters. The average molecular weight is 301 g/mol. The van der Waals surface area contributed by atoms with Gasteiger partial charge < -0.3 is 4.90 Å². The number of unbranched alkanes of at least 4 members (excludes halogenated alkanes) is 2. The van der Waals surface area contributed by atoms with Gasteiger partial charge in [-0.05, 0) is 63.4 Å². The summed E-state index contributed by atoms with van der Waals surface area (Å²) >= 11 is 0. The first-order chi connectivity index (χ1) is 10.8. The summed E-state index contributed by atoms with van der Waals surface area (Å²) in [6, 6.07) is 8.20. The van der Waals surface area contributed by atoms with Crippen LogP contribution in [-0.4, -0.2) is 30.3 Å². The molecule has 22 heavy (non-hydrogen) atoms. The topological polar surface area (TPSA) is 20.3 Å². The van der Waals surface area contributed by atoms with Crippen LogP contribution in [0.15, 0.2) is 24.3 Å². The van der Waals surface area contributed by atoms with E-state index in [1.807, 2.05) is 12.1 Å². The van der Waals surface area contributed by atoms with Crippen molar-refractivity contribution in [3.8, 4) is 0 Å². The molecule has 0 aromatic heterocycles. The molecule has 1 aromatic rings. The summed E-state index contributed by atoms with van der Waals surface area (Å²) in [6.45, 7) is 5.96. The Bertz CT molecular complexity index is 449. The molecule has 2 nitrogen and oxygen atoms in total. The van der Waals surface area contributed by atoms with Crippen LogP contribution in [0.2, 0.25) is 0 Å². The fourth-order valence-corrected chi connectivity index (χ4v) is 3.31. The minimum absolute atomic E-state index is 0.316. The predicted molar refractivity (Wildman–Crippen MR) is 93.5 cm³/mol. The summed E-state index contributed by atoms with van der Waals surface area (Å²) in [4.78, 5) is 14.8. The van der Waals surface area contributed by atoms with Crippen molar-refractivity contribution in [2.24, 2.45) is 0 Å². The molecule has 0 aliphatic carbocycles. The maximum absolute atomic E-state index is 12.3. The van der Waals surface area contributed by atoms with Crippen molar-refractivity contribution in [1.82, 2.24) is 4.90 Å². The fourth-order valence-electron chi connectivity index (χ4n) is 3.31. The Hall–Kier alpha value is -1.15. The van der Waals surface area contributed by atoms with Gasteiger partial charge >= 0.3 is 0 Å². The van der Waals surface area contributed by atoms with Gasteiger partial charge in [0.2, 0.25) is 0 Å². The second kappa shape index (κ2) is 9.78. The van der Waals surface area contributed by atoms with Crippen LogP contribution in [0.4, 0.5) is 0 Å². The van der Waals surface area contributed by atoms with Crippen molar-refractivity contribution in [1.29, 1.82) is 0 Å². The van der Waals surface area contributed by atoms with E-state index in [1.54, 1.807) is 0 Å². The number of aryl methyl sites for hydroxylation is 1. The van der Waals surface area contributed by atoms with Crippen LogP contribution in [-0.2, 0) is 6.42 Å². The third-order valence-corrected chi connectivity index (χ3v) is 4.61. The molecule has 1 aliphatic heterocycles. The molecule has 2 heteroatoms. The summed E-state index contributed by atoms with van der Waals surface area (Å²) in [6.07, 6.45) is 10.5. The van der Waals surface area contributed by atoms with Gasteiger partial charge in [-0.1, -0.05) is 44.4 Å². The third kappa shape index (κ3) is 5.92.